The van der Waals surface area contributed by atoms with Crippen molar-refractivity contribution in [2.75, 3.05) is 6.61 Å². The molecule has 0 heterocycles. The fraction of sp³-hybridized carbons (Fsp3) is 0.500. The molecule has 0 unspecified atom stereocenters. The molecule has 0 aromatic heterocycles. The van der Waals surface area contributed by atoms with Gasteiger partial charge in [-0.15, -0.1) is 0 Å². The van der Waals surface area contributed by atoms with Gasteiger partial charge in [0, 0.05) is 5.56 Å². The average Bonchev–Trinajstić information content (AvgIpc) is 2.72. The van der Waals surface area contributed by atoms with Crippen LogP contribution in [0.3, 0.4) is 0 Å². The van der Waals surface area contributed by atoms with Crippen LogP contribution in [-0.2, 0) is 11.3 Å². The van der Waals surface area contributed by atoms with Crippen LogP contribution in [0.1, 0.15) is 43.9 Å². The molecule has 1 aromatic rings. The Bertz CT molecular complexity index is 413. The molecule has 0 N–H and O–H groups in total. The van der Waals surface area contributed by atoms with E-state index >= 15 is 0 Å². The minimum atomic E-state index is -0.180. The maximum atomic E-state index is 13.7. The van der Waals surface area contributed by atoms with Crippen molar-refractivity contribution in [3.63, 3.8) is 0 Å². The lowest BCUT2D eigenvalue weighted by atomic mass is 10.1. The summed E-state index contributed by atoms with van der Waals surface area (Å²) in [6.07, 6.45) is 1.63. The van der Waals surface area contributed by atoms with Gasteiger partial charge in [0.25, 0.3) is 0 Å². The zero-order valence-electron chi connectivity index (χ0n) is 11.0. The summed E-state index contributed by atoms with van der Waals surface area (Å²) in [7, 11) is 0. The monoisotopic (exact) mass is 237 g/mol. The third-order valence-corrected chi connectivity index (χ3v) is 2.54. The van der Waals surface area contributed by atoms with E-state index in [1.54, 1.807) is 6.07 Å². The maximum absolute atomic E-state index is 13.7. The van der Waals surface area contributed by atoms with Gasteiger partial charge in [0.1, 0.15) is 12.4 Å². The summed E-state index contributed by atoms with van der Waals surface area (Å²) in [6.45, 7) is 8.29. The van der Waals surface area contributed by atoms with E-state index in [1.807, 2.05) is 33.8 Å². The minimum absolute atomic E-state index is 0.180. The summed E-state index contributed by atoms with van der Waals surface area (Å²) in [5.74, 6) is -0.180. The Labute approximate surface area is 102 Å². The fourth-order valence-electron chi connectivity index (χ4n) is 1.95. The van der Waals surface area contributed by atoms with Gasteiger partial charge in [-0.1, -0.05) is 25.1 Å². The van der Waals surface area contributed by atoms with Crippen molar-refractivity contribution in [1.82, 2.24) is 0 Å². The lowest BCUT2D eigenvalue weighted by molar-refractivity contribution is 0.158. The van der Waals surface area contributed by atoms with Gasteiger partial charge in [-0.3, -0.25) is 0 Å². The van der Waals surface area contributed by atoms with Gasteiger partial charge in [-0.2, -0.15) is 0 Å². The van der Waals surface area contributed by atoms with E-state index in [2.05, 4.69) is 5.16 Å². The van der Waals surface area contributed by atoms with Crippen LogP contribution in [0.2, 0.25) is 0 Å². The molecule has 0 aliphatic heterocycles. The highest BCUT2D eigenvalue weighted by Gasteiger charge is 2.22. The molecule has 0 saturated heterocycles. The number of rotatable bonds is 2. The standard InChI is InChI=1S/C12H14FNO.C2H6/c1-3-15-14-11-5-4-9-6-8(2)7-10(13)12(9)11;1-2/h6-7H,3-5H2,1-2H3;1-2H3/b14-11+;. The summed E-state index contributed by atoms with van der Waals surface area (Å²) < 4.78 is 13.7. The van der Waals surface area contributed by atoms with Gasteiger partial charge in [0.2, 0.25) is 0 Å². The van der Waals surface area contributed by atoms with Crippen LogP contribution in [0.5, 0.6) is 0 Å². The number of fused-ring (bicyclic) bond motifs is 1. The molecule has 0 fully saturated rings. The van der Waals surface area contributed by atoms with Crippen molar-refractivity contribution in [1.29, 1.82) is 0 Å². The Morgan fingerprint density at radius 3 is 2.65 bits per heavy atom. The van der Waals surface area contributed by atoms with Crippen molar-refractivity contribution in [2.45, 2.75) is 40.5 Å². The second-order valence-corrected chi connectivity index (χ2v) is 3.74. The molecule has 1 aliphatic rings. The molecule has 94 valence electrons. The van der Waals surface area contributed by atoms with E-state index < -0.39 is 0 Å². The van der Waals surface area contributed by atoms with Gasteiger partial charge in [-0.05, 0) is 43.9 Å². The highest BCUT2D eigenvalue weighted by atomic mass is 19.1. The molecule has 17 heavy (non-hydrogen) atoms. The van der Waals surface area contributed by atoms with E-state index in [4.69, 9.17) is 4.84 Å². The molecular weight excluding hydrogens is 217 g/mol. The van der Waals surface area contributed by atoms with Gasteiger partial charge < -0.3 is 4.84 Å². The Kier molecular flexibility index (Phi) is 5.13. The summed E-state index contributed by atoms with van der Waals surface area (Å²) in [5, 5.41) is 3.95. The molecular formula is C14H20FNO. The van der Waals surface area contributed by atoms with E-state index in [9.17, 15) is 4.39 Å². The van der Waals surface area contributed by atoms with Crippen molar-refractivity contribution in [2.24, 2.45) is 5.16 Å². The SMILES string of the molecule is CC.CCO/N=C1\CCc2cc(C)cc(F)c21. The Morgan fingerprint density at radius 1 is 1.29 bits per heavy atom. The first-order valence-corrected chi connectivity index (χ1v) is 6.20. The summed E-state index contributed by atoms with van der Waals surface area (Å²) >= 11 is 0. The fourth-order valence-corrected chi connectivity index (χ4v) is 1.95. The first-order valence-electron chi connectivity index (χ1n) is 6.20. The van der Waals surface area contributed by atoms with Crippen LogP contribution >= 0.6 is 0 Å². The number of oxime groups is 1. The van der Waals surface area contributed by atoms with Crippen molar-refractivity contribution >= 4 is 5.71 Å². The van der Waals surface area contributed by atoms with E-state index in [-0.39, 0.29) is 5.82 Å². The van der Waals surface area contributed by atoms with E-state index in [1.165, 1.54) is 0 Å². The minimum Gasteiger partial charge on any atom is -0.396 e. The number of hydrogen-bond donors (Lipinski definition) is 0. The van der Waals surface area contributed by atoms with Crippen LogP contribution in [0.4, 0.5) is 4.39 Å². The summed E-state index contributed by atoms with van der Waals surface area (Å²) in [6, 6.07) is 3.57. The molecule has 1 aromatic carbocycles. The first kappa shape index (κ1) is 13.7. The van der Waals surface area contributed by atoms with Crippen LogP contribution < -0.4 is 0 Å². The number of nitrogens with zero attached hydrogens (tertiary/aromatic N) is 1. The number of aryl methyl sites for hydroxylation is 2. The summed E-state index contributed by atoms with van der Waals surface area (Å²) in [5.41, 5.74) is 3.40. The molecule has 0 spiro atoms. The summed E-state index contributed by atoms with van der Waals surface area (Å²) in [4.78, 5) is 4.98. The molecule has 2 rings (SSSR count). The number of benzene rings is 1. The molecule has 0 amide bonds. The van der Waals surface area contributed by atoms with Crippen molar-refractivity contribution < 1.29 is 9.23 Å². The Balaban J connectivity index is 0.000000686. The van der Waals surface area contributed by atoms with Crippen molar-refractivity contribution in [3.05, 3.63) is 34.6 Å². The molecule has 0 saturated carbocycles. The highest BCUT2D eigenvalue weighted by molar-refractivity contribution is 6.04. The van der Waals surface area contributed by atoms with Crippen LogP contribution in [0.25, 0.3) is 0 Å². The van der Waals surface area contributed by atoms with Gasteiger partial charge in [0.15, 0.2) is 0 Å². The van der Waals surface area contributed by atoms with Crippen molar-refractivity contribution in [3.8, 4) is 0 Å². The third-order valence-electron chi connectivity index (χ3n) is 2.54. The third kappa shape index (κ3) is 3.05. The predicted octanol–water partition coefficient (Wildman–Crippen LogP) is 3.85. The first-order chi connectivity index (χ1) is 8.22. The second-order valence-electron chi connectivity index (χ2n) is 3.74. The van der Waals surface area contributed by atoms with Gasteiger partial charge in [-0.25, -0.2) is 4.39 Å². The van der Waals surface area contributed by atoms with E-state index in [0.717, 1.165) is 29.7 Å². The molecule has 3 heteroatoms. The lowest BCUT2D eigenvalue weighted by Gasteiger charge is -2.03. The zero-order valence-corrected chi connectivity index (χ0v) is 11.0. The van der Waals surface area contributed by atoms with Crippen LogP contribution in [0, 0.1) is 12.7 Å². The number of halogens is 1. The van der Waals surface area contributed by atoms with Crippen LogP contribution in [0.15, 0.2) is 17.3 Å². The zero-order chi connectivity index (χ0) is 12.8. The maximum Gasteiger partial charge on any atom is 0.132 e. The smallest absolute Gasteiger partial charge is 0.132 e. The van der Waals surface area contributed by atoms with Gasteiger partial charge in [0.05, 0.1) is 5.71 Å². The second kappa shape index (κ2) is 6.38. The van der Waals surface area contributed by atoms with Crippen LogP contribution in [-0.4, -0.2) is 12.3 Å². The molecule has 0 bridgehead atoms. The number of hydrogen-bond acceptors (Lipinski definition) is 2. The molecule has 1 aliphatic carbocycles. The quantitative estimate of drug-likeness (QED) is 0.716. The van der Waals surface area contributed by atoms with Gasteiger partial charge >= 0.3 is 0 Å². The molecule has 2 nitrogen and oxygen atoms in total. The highest BCUT2D eigenvalue weighted by Crippen LogP contribution is 2.26. The van der Waals surface area contributed by atoms with E-state index in [0.29, 0.717) is 12.2 Å². The predicted molar refractivity (Wildman–Crippen MR) is 69.0 cm³/mol. The molecule has 0 radical (unpaired) electrons. The largest absolute Gasteiger partial charge is 0.396 e. The average molecular weight is 237 g/mol. The topological polar surface area (TPSA) is 21.6 Å². The Morgan fingerprint density at radius 2 is 2.00 bits per heavy atom. The normalized spacial score (nSPS) is 15.2. The Hall–Kier alpha value is -1.38. The lowest BCUT2D eigenvalue weighted by Crippen LogP contribution is -2.00. The molecule has 0 atom stereocenters.